The number of benzene rings is 2. The zero-order chi connectivity index (χ0) is 31.7. The van der Waals surface area contributed by atoms with E-state index in [-0.39, 0.29) is 35.9 Å². The van der Waals surface area contributed by atoms with Crippen LogP contribution in [0.25, 0.3) is 11.3 Å². The van der Waals surface area contributed by atoms with Gasteiger partial charge < -0.3 is 24.3 Å². The molecule has 0 aliphatic carbocycles. The number of aromatic nitrogens is 2. The van der Waals surface area contributed by atoms with Gasteiger partial charge in [-0.25, -0.2) is 22.9 Å². The Morgan fingerprint density at radius 1 is 1.12 bits per heavy atom. The predicted octanol–water partition coefficient (Wildman–Crippen LogP) is 7.26. The summed E-state index contributed by atoms with van der Waals surface area (Å²) in [6.07, 6.45) is -0.769. The molecule has 1 fully saturated rings. The number of likely N-dealkylation sites (tertiary alicyclic amines) is 1. The van der Waals surface area contributed by atoms with E-state index in [1.807, 2.05) is 48.7 Å². The standard InChI is InChI=1S/C32H43F3N4O3Si/c1-31(2,3)43(6,7)42-32(4,5)28(36-16-22-18-39(30(40)41)19-26(22)35)29-37-27(24-15-23(33)13-14-25(24)34)20-38(29)17-21-11-9-8-10-12-21/h8-15,20,22,26,28,36H,16-19H2,1-7H3,(H,40,41)/t22?,26?,28-/m0/s1. The van der Waals surface area contributed by atoms with Crippen LogP contribution in [0, 0.1) is 17.6 Å². The van der Waals surface area contributed by atoms with Crippen molar-refractivity contribution in [1.82, 2.24) is 19.8 Å². The quantitative estimate of drug-likeness (QED) is 0.235. The second kappa shape index (κ2) is 12.5. The summed E-state index contributed by atoms with van der Waals surface area (Å²) in [5.41, 5.74) is 0.397. The number of halogens is 3. The van der Waals surface area contributed by atoms with Crippen LogP contribution in [0.3, 0.4) is 0 Å². The Labute approximate surface area is 253 Å². The number of imidazole rings is 1. The molecule has 3 aromatic rings. The summed E-state index contributed by atoms with van der Waals surface area (Å²) in [7, 11) is -2.35. The molecule has 1 aliphatic rings. The maximum Gasteiger partial charge on any atom is 0.407 e. The third-order valence-electron chi connectivity index (χ3n) is 8.70. The topological polar surface area (TPSA) is 79.6 Å². The minimum Gasteiger partial charge on any atom is -0.465 e. The molecule has 2 N–H and O–H groups in total. The third kappa shape index (κ3) is 7.50. The van der Waals surface area contributed by atoms with E-state index in [0.29, 0.717) is 12.4 Å². The molecule has 4 rings (SSSR count). The molecule has 1 aliphatic heterocycles. The number of carbonyl (C=O) groups is 1. The first-order valence-corrected chi connectivity index (χ1v) is 17.5. The van der Waals surface area contributed by atoms with Gasteiger partial charge >= 0.3 is 6.09 Å². The first kappa shape index (κ1) is 32.8. The second-order valence-electron chi connectivity index (χ2n) is 13.5. The fourth-order valence-electron chi connectivity index (χ4n) is 5.36. The Balaban J connectivity index is 1.81. The van der Waals surface area contributed by atoms with Crippen molar-refractivity contribution in [2.24, 2.45) is 5.92 Å². The van der Waals surface area contributed by atoms with Crippen molar-refractivity contribution in [2.75, 3.05) is 19.6 Å². The third-order valence-corrected chi connectivity index (χ3v) is 13.3. The fraction of sp³-hybridized carbons (Fsp3) is 0.500. The highest BCUT2D eigenvalue weighted by atomic mass is 28.4. The van der Waals surface area contributed by atoms with Crippen LogP contribution in [-0.2, 0) is 11.0 Å². The average Bonchev–Trinajstić information content (AvgIpc) is 3.48. The number of rotatable bonds is 10. The molecule has 234 valence electrons. The molecular weight excluding hydrogens is 573 g/mol. The average molecular weight is 617 g/mol. The SMILES string of the molecule is CC(C)(O[Si](C)(C)C(C)(C)C)[C@@H](NCC1CN(C(=O)O)CC1F)c1nc(-c2cc(F)ccc2F)cn1Cc1ccccc1. The smallest absolute Gasteiger partial charge is 0.407 e. The normalized spacial score (nSPS) is 18.7. The monoisotopic (exact) mass is 616 g/mol. The van der Waals surface area contributed by atoms with Crippen LogP contribution >= 0.6 is 0 Å². The minimum atomic E-state index is -2.35. The fourth-order valence-corrected chi connectivity index (χ4v) is 7.10. The van der Waals surface area contributed by atoms with Crippen LogP contribution in [0.15, 0.2) is 54.7 Å². The van der Waals surface area contributed by atoms with Gasteiger partial charge in [0.2, 0.25) is 0 Å². The van der Waals surface area contributed by atoms with Crippen molar-refractivity contribution in [3.8, 4) is 11.3 Å². The van der Waals surface area contributed by atoms with Crippen LogP contribution in [0.2, 0.25) is 18.1 Å². The number of nitrogens with one attached hydrogen (secondary N) is 1. The highest BCUT2D eigenvalue weighted by Crippen LogP contribution is 2.42. The number of hydrogen-bond acceptors (Lipinski definition) is 4. The summed E-state index contributed by atoms with van der Waals surface area (Å²) in [6.45, 7) is 15.1. The molecule has 1 saturated heterocycles. The van der Waals surface area contributed by atoms with E-state index < -0.39 is 49.8 Å². The van der Waals surface area contributed by atoms with Crippen LogP contribution in [0.4, 0.5) is 18.0 Å². The van der Waals surface area contributed by atoms with E-state index in [4.69, 9.17) is 9.41 Å². The molecule has 2 unspecified atom stereocenters. The summed E-state index contributed by atoms with van der Waals surface area (Å²) in [5.74, 6) is -1.22. The summed E-state index contributed by atoms with van der Waals surface area (Å²) in [5, 5.41) is 12.8. The van der Waals surface area contributed by atoms with Gasteiger partial charge in [0.15, 0.2) is 8.32 Å². The molecule has 0 spiro atoms. The van der Waals surface area contributed by atoms with Gasteiger partial charge in [-0.15, -0.1) is 0 Å². The highest BCUT2D eigenvalue weighted by Gasteiger charge is 2.46. The van der Waals surface area contributed by atoms with Gasteiger partial charge in [-0.1, -0.05) is 51.1 Å². The highest BCUT2D eigenvalue weighted by molar-refractivity contribution is 6.74. The maximum absolute atomic E-state index is 15.0. The minimum absolute atomic E-state index is 0.0339. The largest absolute Gasteiger partial charge is 0.465 e. The van der Waals surface area contributed by atoms with Crippen LogP contribution in [0.5, 0.6) is 0 Å². The first-order chi connectivity index (χ1) is 20.0. The molecular formula is C32H43F3N4O3Si. The van der Waals surface area contributed by atoms with Gasteiger partial charge in [0.1, 0.15) is 23.6 Å². The van der Waals surface area contributed by atoms with Crippen molar-refractivity contribution in [3.63, 3.8) is 0 Å². The Morgan fingerprint density at radius 2 is 1.79 bits per heavy atom. The van der Waals surface area contributed by atoms with E-state index >= 15 is 0 Å². The van der Waals surface area contributed by atoms with Gasteiger partial charge in [0.25, 0.3) is 0 Å². The van der Waals surface area contributed by atoms with E-state index in [1.54, 1.807) is 6.20 Å². The van der Waals surface area contributed by atoms with E-state index in [2.05, 4.69) is 39.2 Å². The van der Waals surface area contributed by atoms with Crippen LogP contribution < -0.4 is 5.32 Å². The van der Waals surface area contributed by atoms with Gasteiger partial charge in [-0.2, -0.15) is 0 Å². The molecule has 0 bridgehead atoms. The molecule has 7 nitrogen and oxygen atoms in total. The molecule has 1 amide bonds. The molecule has 11 heteroatoms. The van der Waals surface area contributed by atoms with Crippen molar-refractivity contribution in [3.05, 3.63) is 77.8 Å². The predicted molar refractivity (Wildman–Crippen MR) is 164 cm³/mol. The lowest BCUT2D eigenvalue weighted by Crippen LogP contribution is -2.53. The van der Waals surface area contributed by atoms with Crippen molar-refractivity contribution in [2.45, 2.75) is 77.1 Å². The maximum atomic E-state index is 15.0. The van der Waals surface area contributed by atoms with Gasteiger partial charge in [-0.05, 0) is 55.7 Å². The molecule has 43 heavy (non-hydrogen) atoms. The number of amides is 1. The Morgan fingerprint density at radius 3 is 2.40 bits per heavy atom. The molecule has 0 radical (unpaired) electrons. The summed E-state index contributed by atoms with van der Waals surface area (Å²) in [6, 6.07) is 12.4. The summed E-state index contributed by atoms with van der Waals surface area (Å²) in [4.78, 5) is 17.5. The Bertz CT molecular complexity index is 1420. The van der Waals surface area contributed by atoms with E-state index in [1.165, 1.54) is 0 Å². The summed E-state index contributed by atoms with van der Waals surface area (Å²) >= 11 is 0. The number of hydrogen-bond donors (Lipinski definition) is 2. The number of alkyl halides is 1. The number of nitrogens with zero attached hydrogens (tertiary/aromatic N) is 3. The Hall–Kier alpha value is -3.15. The van der Waals surface area contributed by atoms with Gasteiger partial charge in [0.05, 0.1) is 23.9 Å². The zero-order valence-electron chi connectivity index (χ0n) is 26.0. The summed E-state index contributed by atoms with van der Waals surface area (Å²) < 4.78 is 53.0. The lowest BCUT2D eigenvalue weighted by atomic mass is 9.96. The lowest BCUT2D eigenvalue weighted by Gasteiger charge is -2.46. The van der Waals surface area contributed by atoms with Crippen molar-refractivity contribution in [1.29, 1.82) is 0 Å². The Kier molecular flexibility index (Phi) is 9.49. The van der Waals surface area contributed by atoms with Gasteiger partial charge in [-0.3, -0.25) is 0 Å². The zero-order valence-corrected chi connectivity index (χ0v) is 27.0. The molecule has 3 atom stereocenters. The van der Waals surface area contributed by atoms with Crippen LogP contribution in [0.1, 0.15) is 52.0 Å². The first-order valence-electron chi connectivity index (χ1n) is 14.6. The molecule has 2 aromatic carbocycles. The van der Waals surface area contributed by atoms with Crippen molar-refractivity contribution >= 4 is 14.4 Å². The van der Waals surface area contributed by atoms with E-state index in [0.717, 1.165) is 28.7 Å². The molecule has 2 heterocycles. The second-order valence-corrected chi connectivity index (χ2v) is 18.2. The lowest BCUT2D eigenvalue weighted by molar-refractivity contribution is 0.0416. The van der Waals surface area contributed by atoms with Crippen LogP contribution in [-0.4, -0.2) is 65.4 Å². The number of carboxylic acid groups (broad SMARTS) is 1. The molecule has 1 aromatic heterocycles. The molecule has 0 saturated carbocycles. The van der Waals surface area contributed by atoms with Crippen molar-refractivity contribution < 1.29 is 27.5 Å². The van der Waals surface area contributed by atoms with Gasteiger partial charge in [0, 0.05) is 37.3 Å². The van der Waals surface area contributed by atoms with E-state index in [9.17, 15) is 23.1 Å².